The van der Waals surface area contributed by atoms with E-state index in [9.17, 15) is 4.79 Å². The Morgan fingerprint density at radius 3 is 2.40 bits per heavy atom. The lowest BCUT2D eigenvalue weighted by atomic mass is 10.1. The van der Waals surface area contributed by atoms with Crippen molar-refractivity contribution in [3.63, 3.8) is 0 Å². The summed E-state index contributed by atoms with van der Waals surface area (Å²) in [4.78, 5) is 15.2. The third kappa shape index (κ3) is 5.71. The van der Waals surface area contributed by atoms with Crippen LogP contribution in [0.4, 0.5) is 5.69 Å². The van der Waals surface area contributed by atoms with E-state index >= 15 is 0 Å². The lowest BCUT2D eigenvalue weighted by molar-refractivity contribution is 0.102. The van der Waals surface area contributed by atoms with E-state index in [4.69, 9.17) is 4.74 Å². The molecule has 1 aliphatic rings. The van der Waals surface area contributed by atoms with Crippen LogP contribution in [0.25, 0.3) is 0 Å². The number of nitrogens with one attached hydrogen (secondary N) is 1. The smallest absolute Gasteiger partial charge is 0.255 e. The number of ether oxygens (including phenoxy) is 1. The number of rotatable bonds is 7. The first-order valence-electron chi connectivity index (χ1n) is 10.7. The van der Waals surface area contributed by atoms with Crippen LogP contribution in [-0.4, -0.2) is 23.9 Å². The second-order valence-electron chi connectivity index (χ2n) is 7.79. The molecule has 3 aromatic carbocycles. The van der Waals surface area contributed by atoms with Crippen molar-refractivity contribution >= 4 is 11.6 Å². The molecule has 30 heavy (non-hydrogen) atoms. The molecule has 4 rings (SSSR count). The van der Waals surface area contributed by atoms with Gasteiger partial charge in [0.25, 0.3) is 5.91 Å². The van der Waals surface area contributed by atoms with Crippen molar-refractivity contribution < 1.29 is 11.0 Å². The van der Waals surface area contributed by atoms with E-state index < -0.39 is 0 Å². The van der Waals surface area contributed by atoms with Crippen molar-refractivity contribution in [1.82, 2.24) is 4.90 Å². The van der Waals surface area contributed by atoms with Crippen LogP contribution in [0.15, 0.2) is 78.9 Å². The van der Waals surface area contributed by atoms with Gasteiger partial charge in [0, 0.05) is 19.2 Å². The number of piperidine rings is 1. The van der Waals surface area contributed by atoms with Crippen LogP contribution >= 0.6 is 0 Å². The maximum Gasteiger partial charge on any atom is 0.255 e. The largest absolute Gasteiger partial charge is 0.489 e. The van der Waals surface area contributed by atoms with Gasteiger partial charge in [0.05, 0.1) is 0 Å². The number of carbonyl (C=O) groups excluding carboxylic acids is 1. The molecule has 0 aliphatic carbocycles. The van der Waals surface area contributed by atoms with E-state index in [-0.39, 0.29) is 7.33 Å². The minimum absolute atomic E-state index is 0. The van der Waals surface area contributed by atoms with Crippen LogP contribution < -0.4 is 10.1 Å². The zero-order valence-corrected chi connectivity index (χ0v) is 17.2. The van der Waals surface area contributed by atoms with Crippen molar-refractivity contribution in [2.45, 2.75) is 32.4 Å². The standard InChI is InChI=1S/C26H28N2O2.H2/c29-26(23-10-7-11-25(18-23)30-20-22-8-3-1-4-9-22)27-24-14-12-21(13-15-24)19-28-16-5-2-6-17-28;/h1,3-4,7-15,18H,2,5-6,16-17,19-20H2,(H,27,29);1H. The molecule has 4 nitrogen and oxygen atoms in total. The lowest BCUT2D eigenvalue weighted by Crippen LogP contribution is -2.29. The van der Waals surface area contributed by atoms with Crippen molar-refractivity contribution in [3.05, 3.63) is 95.6 Å². The van der Waals surface area contributed by atoms with Crippen molar-refractivity contribution in [3.8, 4) is 5.75 Å². The number of anilines is 1. The number of likely N-dealkylation sites (tertiary alicyclic amines) is 1. The Bertz CT molecular complexity index is 955. The summed E-state index contributed by atoms with van der Waals surface area (Å²) in [5, 5.41) is 2.98. The predicted octanol–water partition coefficient (Wildman–Crippen LogP) is 5.75. The molecule has 1 heterocycles. The molecule has 0 atom stereocenters. The lowest BCUT2D eigenvalue weighted by Gasteiger charge is -2.26. The summed E-state index contributed by atoms with van der Waals surface area (Å²) < 4.78 is 5.84. The molecule has 0 radical (unpaired) electrons. The first kappa shape index (κ1) is 20.2. The molecule has 0 aromatic heterocycles. The molecule has 156 valence electrons. The minimum Gasteiger partial charge on any atom is -0.489 e. The van der Waals surface area contributed by atoms with Crippen LogP contribution in [0.2, 0.25) is 0 Å². The van der Waals surface area contributed by atoms with Gasteiger partial charge in [-0.3, -0.25) is 9.69 Å². The fourth-order valence-electron chi connectivity index (χ4n) is 3.74. The zero-order chi connectivity index (χ0) is 20.6. The molecule has 0 bridgehead atoms. The third-order valence-electron chi connectivity index (χ3n) is 5.41. The highest BCUT2D eigenvalue weighted by Crippen LogP contribution is 2.18. The maximum absolute atomic E-state index is 12.7. The van der Waals surface area contributed by atoms with Gasteiger partial charge in [-0.05, 0) is 67.4 Å². The highest BCUT2D eigenvalue weighted by atomic mass is 16.5. The second-order valence-corrected chi connectivity index (χ2v) is 7.79. The molecule has 0 spiro atoms. The first-order chi connectivity index (χ1) is 14.8. The Balaban J connectivity index is 0.00000272. The van der Waals surface area contributed by atoms with E-state index in [0.717, 1.165) is 17.8 Å². The van der Waals surface area contributed by atoms with Gasteiger partial charge in [0.15, 0.2) is 0 Å². The van der Waals surface area contributed by atoms with Gasteiger partial charge in [-0.25, -0.2) is 0 Å². The van der Waals surface area contributed by atoms with Crippen LogP contribution in [-0.2, 0) is 13.2 Å². The van der Waals surface area contributed by atoms with Gasteiger partial charge in [-0.2, -0.15) is 0 Å². The Morgan fingerprint density at radius 2 is 1.63 bits per heavy atom. The number of hydrogen-bond acceptors (Lipinski definition) is 3. The normalized spacial score (nSPS) is 14.3. The molecular formula is C26H30N2O2. The van der Waals surface area contributed by atoms with E-state index in [2.05, 4.69) is 22.3 Å². The average Bonchev–Trinajstić information content (AvgIpc) is 2.80. The number of benzene rings is 3. The summed E-state index contributed by atoms with van der Waals surface area (Å²) >= 11 is 0. The molecule has 0 unspecified atom stereocenters. The van der Waals surface area contributed by atoms with Gasteiger partial charge in [-0.1, -0.05) is 55.0 Å². The summed E-state index contributed by atoms with van der Waals surface area (Å²) in [6.07, 6.45) is 3.94. The summed E-state index contributed by atoms with van der Waals surface area (Å²) in [6.45, 7) is 3.82. The van der Waals surface area contributed by atoms with Crippen LogP contribution in [0, 0.1) is 0 Å². The van der Waals surface area contributed by atoms with Crippen molar-refractivity contribution in [2.24, 2.45) is 0 Å². The molecule has 1 N–H and O–H groups in total. The Hall–Kier alpha value is -3.11. The van der Waals surface area contributed by atoms with Crippen molar-refractivity contribution in [1.29, 1.82) is 0 Å². The van der Waals surface area contributed by atoms with Crippen LogP contribution in [0.3, 0.4) is 0 Å². The monoisotopic (exact) mass is 402 g/mol. The van der Waals surface area contributed by atoms with Crippen LogP contribution in [0.5, 0.6) is 5.75 Å². The zero-order valence-electron chi connectivity index (χ0n) is 17.2. The molecule has 1 fully saturated rings. The number of amides is 1. The van der Waals surface area contributed by atoms with Gasteiger partial charge in [-0.15, -0.1) is 0 Å². The molecule has 1 aliphatic heterocycles. The predicted molar refractivity (Wildman–Crippen MR) is 123 cm³/mol. The number of carbonyl (C=O) groups is 1. The topological polar surface area (TPSA) is 41.6 Å². The summed E-state index contributed by atoms with van der Waals surface area (Å²) in [6, 6.07) is 25.4. The highest BCUT2D eigenvalue weighted by Gasteiger charge is 2.11. The third-order valence-corrected chi connectivity index (χ3v) is 5.41. The van der Waals surface area contributed by atoms with Crippen molar-refractivity contribution in [2.75, 3.05) is 18.4 Å². The van der Waals surface area contributed by atoms with Gasteiger partial charge >= 0.3 is 0 Å². The van der Waals surface area contributed by atoms with Crippen LogP contribution in [0.1, 0.15) is 42.2 Å². The molecule has 0 saturated carbocycles. The van der Waals surface area contributed by atoms with Gasteiger partial charge < -0.3 is 10.1 Å². The van der Waals surface area contributed by atoms with E-state index in [1.165, 1.54) is 37.9 Å². The number of nitrogens with zero attached hydrogens (tertiary/aromatic N) is 1. The van der Waals surface area contributed by atoms with E-state index in [1.54, 1.807) is 12.1 Å². The molecular weight excluding hydrogens is 372 g/mol. The highest BCUT2D eigenvalue weighted by molar-refractivity contribution is 6.04. The minimum atomic E-state index is -0.135. The van der Waals surface area contributed by atoms with Gasteiger partial charge in [0.1, 0.15) is 12.4 Å². The Morgan fingerprint density at radius 1 is 0.867 bits per heavy atom. The summed E-state index contributed by atoms with van der Waals surface area (Å²) in [5.41, 5.74) is 3.76. The summed E-state index contributed by atoms with van der Waals surface area (Å²) in [5.74, 6) is 0.548. The van der Waals surface area contributed by atoms with E-state index in [0.29, 0.717) is 17.9 Å². The fourth-order valence-corrected chi connectivity index (χ4v) is 3.74. The van der Waals surface area contributed by atoms with E-state index in [1.807, 2.05) is 54.6 Å². The number of hydrogen-bond donors (Lipinski definition) is 1. The second kappa shape index (κ2) is 10.1. The SMILES string of the molecule is O=C(Nc1ccc(CN2CCCCC2)cc1)c1cccc(OCc2ccccc2)c1.[HH]. The molecule has 4 heteroatoms. The first-order valence-corrected chi connectivity index (χ1v) is 10.7. The maximum atomic E-state index is 12.7. The Labute approximate surface area is 180 Å². The molecule has 1 saturated heterocycles. The summed E-state index contributed by atoms with van der Waals surface area (Å²) in [7, 11) is 0. The Kier molecular flexibility index (Phi) is 6.78. The fraction of sp³-hybridized carbons (Fsp3) is 0.269. The quantitative estimate of drug-likeness (QED) is 0.547. The average molecular weight is 403 g/mol. The molecule has 1 amide bonds. The van der Waals surface area contributed by atoms with Gasteiger partial charge in [0.2, 0.25) is 0 Å². The molecule has 3 aromatic rings.